The second-order valence-corrected chi connectivity index (χ2v) is 6.90. The van der Waals surface area contributed by atoms with E-state index in [0.717, 1.165) is 29.7 Å². The number of aromatic amines is 1. The maximum absolute atomic E-state index is 9.60. The van der Waals surface area contributed by atoms with Crippen molar-refractivity contribution in [2.45, 2.75) is 52.7 Å². The maximum atomic E-state index is 9.60. The van der Waals surface area contributed by atoms with Gasteiger partial charge in [-0.1, -0.05) is 13.8 Å². The van der Waals surface area contributed by atoms with E-state index >= 15 is 0 Å². The molecule has 0 spiro atoms. The number of nitrogens with zero attached hydrogens (tertiary/aromatic N) is 1. The van der Waals surface area contributed by atoms with Crippen LogP contribution in [0.25, 0.3) is 0 Å². The van der Waals surface area contributed by atoms with E-state index in [2.05, 4.69) is 44.1 Å². The summed E-state index contributed by atoms with van der Waals surface area (Å²) in [4.78, 5) is 3.36. The first kappa shape index (κ1) is 16.7. The molecular weight excluding hydrogens is 278 g/mol. The molecule has 0 aliphatic carbocycles. The van der Waals surface area contributed by atoms with Crippen LogP contribution in [0.1, 0.15) is 50.1 Å². The Balaban J connectivity index is 2.55. The molecule has 0 amide bonds. The van der Waals surface area contributed by atoms with E-state index in [1.54, 1.807) is 0 Å². The minimum absolute atomic E-state index is 0.0317. The summed E-state index contributed by atoms with van der Waals surface area (Å²) in [5, 5.41) is 21.8. The Morgan fingerprint density at radius 1 is 1.41 bits per heavy atom. The largest absolute Gasteiger partial charge is 0.392 e. The quantitative estimate of drug-likeness (QED) is 0.869. The number of aliphatic hydroxyl groups excluding tert-OH is 1. The Kier molecular flexibility index (Phi) is 5.05. The summed E-state index contributed by atoms with van der Waals surface area (Å²) < 4.78 is 5.94. The monoisotopic (exact) mass is 304 g/mol. The number of hydrogen-bond donors (Lipinski definition) is 2. The molecule has 0 bridgehead atoms. The summed E-state index contributed by atoms with van der Waals surface area (Å²) >= 11 is 0. The topological polar surface area (TPSA) is 79.4 Å². The van der Waals surface area contributed by atoms with Crippen molar-refractivity contribution in [3.05, 3.63) is 22.4 Å². The lowest BCUT2D eigenvalue weighted by Crippen LogP contribution is -2.36. The van der Waals surface area contributed by atoms with Crippen molar-refractivity contribution in [2.24, 2.45) is 5.92 Å². The van der Waals surface area contributed by atoms with E-state index in [-0.39, 0.29) is 12.2 Å². The molecule has 0 saturated carbocycles. The molecule has 22 heavy (non-hydrogen) atoms. The molecule has 1 aliphatic rings. The summed E-state index contributed by atoms with van der Waals surface area (Å²) in [6, 6.07) is 2.32. The molecule has 1 aromatic heterocycles. The van der Waals surface area contributed by atoms with Crippen molar-refractivity contribution in [3.63, 3.8) is 0 Å². The fourth-order valence-electron chi connectivity index (χ4n) is 2.91. The van der Waals surface area contributed by atoms with Crippen LogP contribution < -0.4 is 10.3 Å². The molecule has 0 saturated heterocycles. The molecule has 0 radical (unpaired) electrons. The summed E-state index contributed by atoms with van der Waals surface area (Å²) in [5.41, 5.74) is 3.71. The molecule has 1 aromatic rings. The third-order valence-corrected chi connectivity index (χ3v) is 3.90. The predicted octanol–water partition coefficient (Wildman–Crippen LogP) is 1.83. The highest BCUT2D eigenvalue weighted by molar-refractivity contribution is 5.56. The lowest BCUT2D eigenvalue weighted by atomic mass is 9.87. The van der Waals surface area contributed by atoms with Crippen LogP contribution in [0.15, 0.2) is 0 Å². The standard InChI is InChI=1S/C17H25N3O2/c1-11(2)7-15-14-10-22-17(3,4)8-12(14)13(9-18)16(20-15)19-5-6-21/h11,21H,5-8,10H2,1-4H3,(H,19,20)/p+1. The van der Waals surface area contributed by atoms with E-state index in [4.69, 9.17) is 9.84 Å². The Morgan fingerprint density at radius 3 is 2.73 bits per heavy atom. The van der Waals surface area contributed by atoms with Gasteiger partial charge in [-0.2, -0.15) is 5.26 Å². The Bertz CT molecular complexity index is 589. The highest BCUT2D eigenvalue weighted by atomic mass is 16.5. The highest BCUT2D eigenvalue weighted by Gasteiger charge is 2.33. The number of aliphatic hydroxyl groups is 1. The van der Waals surface area contributed by atoms with E-state index in [1.165, 1.54) is 0 Å². The van der Waals surface area contributed by atoms with Gasteiger partial charge in [0, 0.05) is 18.4 Å². The Morgan fingerprint density at radius 2 is 2.14 bits per heavy atom. The van der Waals surface area contributed by atoms with Crippen molar-refractivity contribution >= 4 is 5.82 Å². The normalized spacial score (nSPS) is 16.2. The van der Waals surface area contributed by atoms with E-state index in [1.807, 2.05) is 0 Å². The van der Waals surface area contributed by atoms with E-state index in [0.29, 0.717) is 30.5 Å². The predicted molar refractivity (Wildman–Crippen MR) is 84.4 cm³/mol. The van der Waals surface area contributed by atoms with Crippen molar-refractivity contribution in [1.82, 2.24) is 0 Å². The van der Waals surface area contributed by atoms with Gasteiger partial charge in [-0.3, -0.25) is 5.32 Å². The molecule has 0 fully saturated rings. The van der Waals surface area contributed by atoms with Gasteiger partial charge in [0.05, 0.1) is 18.8 Å². The van der Waals surface area contributed by atoms with Crippen LogP contribution in [-0.2, 0) is 24.2 Å². The van der Waals surface area contributed by atoms with Crippen LogP contribution in [-0.4, -0.2) is 23.9 Å². The number of ether oxygens (including phenoxy) is 1. The number of pyridine rings is 1. The molecule has 120 valence electrons. The zero-order valence-electron chi connectivity index (χ0n) is 13.9. The van der Waals surface area contributed by atoms with Crippen molar-refractivity contribution in [2.75, 3.05) is 18.5 Å². The molecule has 1 aliphatic heterocycles. The van der Waals surface area contributed by atoms with Gasteiger partial charge in [0.2, 0.25) is 0 Å². The molecule has 0 atom stereocenters. The van der Waals surface area contributed by atoms with Crippen LogP contribution in [0.5, 0.6) is 0 Å². The number of rotatable bonds is 5. The van der Waals surface area contributed by atoms with E-state index in [9.17, 15) is 5.26 Å². The van der Waals surface area contributed by atoms with Crippen LogP contribution in [0.2, 0.25) is 0 Å². The molecule has 0 unspecified atom stereocenters. The number of nitrogens with one attached hydrogen (secondary N) is 2. The molecule has 3 N–H and O–H groups in total. The van der Waals surface area contributed by atoms with Gasteiger partial charge >= 0.3 is 0 Å². The van der Waals surface area contributed by atoms with Crippen LogP contribution in [0.4, 0.5) is 5.82 Å². The second kappa shape index (κ2) is 6.64. The van der Waals surface area contributed by atoms with Crippen LogP contribution >= 0.6 is 0 Å². The zero-order chi connectivity index (χ0) is 16.3. The Hall–Kier alpha value is -1.64. The summed E-state index contributed by atoms with van der Waals surface area (Å²) in [5.74, 6) is 1.22. The minimum Gasteiger partial charge on any atom is -0.392 e. The van der Waals surface area contributed by atoms with E-state index < -0.39 is 0 Å². The number of nitriles is 1. The lowest BCUT2D eigenvalue weighted by molar-refractivity contribution is -0.376. The van der Waals surface area contributed by atoms with Crippen LogP contribution in [0.3, 0.4) is 0 Å². The fraction of sp³-hybridized carbons (Fsp3) is 0.647. The fourth-order valence-corrected chi connectivity index (χ4v) is 2.91. The number of hydrogen-bond acceptors (Lipinski definition) is 4. The molecule has 5 heteroatoms. The highest BCUT2D eigenvalue weighted by Crippen LogP contribution is 2.33. The molecule has 5 nitrogen and oxygen atoms in total. The van der Waals surface area contributed by atoms with Crippen molar-refractivity contribution < 1.29 is 14.8 Å². The summed E-state index contributed by atoms with van der Waals surface area (Å²) in [6.07, 6.45) is 1.63. The number of aromatic nitrogens is 1. The molecule has 2 rings (SSSR count). The zero-order valence-corrected chi connectivity index (χ0v) is 13.9. The lowest BCUT2D eigenvalue weighted by Gasteiger charge is -2.33. The summed E-state index contributed by atoms with van der Waals surface area (Å²) in [7, 11) is 0. The van der Waals surface area contributed by atoms with Gasteiger partial charge < -0.3 is 9.84 Å². The number of fused-ring (bicyclic) bond motifs is 1. The molecule has 0 aromatic carbocycles. The van der Waals surface area contributed by atoms with Gasteiger partial charge in [-0.25, -0.2) is 4.98 Å². The Labute approximate surface area is 132 Å². The summed E-state index contributed by atoms with van der Waals surface area (Å²) in [6.45, 7) is 9.44. The average Bonchev–Trinajstić information content (AvgIpc) is 2.43. The first-order valence-corrected chi connectivity index (χ1v) is 7.86. The first-order chi connectivity index (χ1) is 10.4. The van der Waals surface area contributed by atoms with Crippen molar-refractivity contribution in [1.29, 1.82) is 5.26 Å². The average molecular weight is 304 g/mol. The van der Waals surface area contributed by atoms with Crippen molar-refractivity contribution in [3.8, 4) is 6.07 Å². The van der Waals surface area contributed by atoms with Gasteiger partial charge in [-0.15, -0.1) is 0 Å². The third kappa shape index (κ3) is 3.57. The SMILES string of the molecule is CC(C)Cc1[nH+]c(NCCO)c(C#N)c2c1COC(C)(C)C2. The number of H-pyrrole nitrogens is 1. The van der Waals surface area contributed by atoms with Gasteiger partial charge in [-0.05, 0) is 25.3 Å². The maximum Gasteiger partial charge on any atom is 0.290 e. The van der Waals surface area contributed by atoms with Crippen LogP contribution in [0, 0.1) is 17.2 Å². The van der Waals surface area contributed by atoms with Gasteiger partial charge in [0.15, 0.2) is 0 Å². The molecular formula is C17H26N3O2+. The minimum atomic E-state index is -0.261. The number of anilines is 1. The van der Waals surface area contributed by atoms with Gasteiger partial charge in [0.25, 0.3) is 5.82 Å². The second-order valence-electron chi connectivity index (χ2n) is 6.90. The van der Waals surface area contributed by atoms with Gasteiger partial charge in [0.1, 0.15) is 23.9 Å². The smallest absolute Gasteiger partial charge is 0.290 e. The third-order valence-electron chi connectivity index (χ3n) is 3.90. The first-order valence-electron chi connectivity index (χ1n) is 7.86. The molecule has 2 heterocycles.